The van der Waals surface area contributed by atoms with E-state index in [1.54, 1.807) is 12.1 Å². The molecule has 0 saturated carbocycles. The van der Waals surface area contributed by atoms with Crippen molar-refractivity contribution < 1.29 is 9.72 Å². The van der Waals surface area contributed by atoms with Crippen LogP contribution in [0.3, 0.4) is 0 Å². The van der Waals surface area contributed by atoms with Gasteiger partial charge in [-0.2, -0.15) is 0 Å². The highest BCUT2D eigenvalue weighted by molar-refractivity contribution is 7.82. The molecule has 8 heteroatoms. The average Bonchev–Trinajstić information content (AvgIpc) is 2.70. The third-order valence-corrected chi connectivity index (χ3v) is 5.35. The third-order valence-electron chi connectivity index (χ3n) is 4.91. The molecule has 0 atom stereocenters. The van der Waals surface area contributed by atoms with Crippen LogP contribution in [0.4, 0.5) is 17.1 Å². The molecule has 0 radical (unpaired) electrons. The molecule has 1 fully saturated rings. The Morgan fingerprint density at radius 3 is 2.14 bits per heavy atom. The van der Waals surface area contributed by atoms with E-state index < -0.39 is 4.92 Å². The number of benzene rings is 2. The fraction of sp³-hybridized carbons (Fsp3) is 0.300. The van der Waals surface area contributed by atoms with Gasteiger partial charge in [0.15, 0.2) is 4.99 Å². The summed E-state index contributed by atoms with van der Waals surface area (Å²) in [5.41, 5.74) is 3.81. The van der Waals surface area contributed by atoms with Gasteiger partial charge in [-0.25, -0.2) is 0 Å². The first-order chi connectivity index (χ1) is 13.4. The molecule has 3 rings (SSSR count). The van der Waals surface area contributed by atoms with Crippen molar-refractivity contribution in [1.82, 2.24) is 4.90 Å². The maximum absolute atomic E-state index is 12.6. The van der Waals surface area contributed by atoms with E-state index >= 15 is 0 Å². The number of non-ortho nitro benzene ring substituents is 1. The molecular formula is C20H22N4O3S. The Bertz CT molecular complexity index is 886. The van der Waals surface area contributed by atoms with Crippen LogP contribution in [0.25, 0.3) is 0 Å². The van der Waals surface area contributed by atoms with Crippen molar-refractivity contribution in [2.45, 2.75) is 13.8 Å². The van der Waals surface area contributed by atoms with Crippen molar-refractivity contribution in [1.29, 1.82) is 0 Å². The van der Waals surface area contributed by atoms with Crippen LogP contribution >= 0.6 is 12.2 Å². The van der Waals surface area contributed by atoms with Gasteiger partial charge in [0, 0.05) is 49.7 Å². The number of para-hydroxylation sites is 1. The summed E-state index contributed by atoms with van der Waals surface area (Å²) in [5, 5.41) is 13.7. The van der Waals surface area contributed by atoms with Crippen LogP contribution < -0.4 is 10.2 Å². The van der Waals surface area contributed by atoms with Gasteiger partial charge in [0.25, 0.3) is 11.6 Å². The zero-order valence-electron chi connectivity index (χ0n) is 15.8. The lowest BCUT2D eigenvalue weighted by atomic mass is 10.1. The fourth-order valence-corrected chi connectivity index (χ4v) is 3.51. The summed E-state index contributed by atoms with van der Waals surface area (Å²) in [4.78, 5) is 27.3. The van der Waals surface area contributed by atoms with Crippen LogP contribution in [0, 0.1) is 24.0 Å². The first kappa shape index (κ1) is 19.8. The molecule has 1 amide bonds. The number of carbonyl (C=O) groups is 1. The molecule has 2 aromatic rings. The summed E-state index contributed by atoms with van der Waals surface area (Å²) in [5.74, 6) is -0.267. The SMILES string of the molecule is Cc1cccc(C)c1NC(=O)C(=S)N1CCN(c2ccc([N+](=O)[O-])cc2)CC1. The smallest absolute Gasteiger partial charge is 0.283 e. The topological polar surface area (TPSA) is 78.7 Å². The summed E-state index contributed by atoms with van der Waals surface area (Å²) >= 11 is 5.40. The van der Waals surface area contributed by atoms with Gasteiger partial charge in [-0.05, 0) is 37.1 Å². The predicted octanol–water partition coefficient (Wildman–Crippen LogP) is 3.30. The lowest BCUT2D eigenvalue weighted by Crippen LogP contribution is -2.51. The van der Waals surface area contributed by atoms with Crippen molar-refractivity contribution in [3.8, 4) is 0 Å². The molecule has 0 aromatic heterocycles. The van der Waals surface area contributed by atoms with Gasteiger partial charge in [0.05, 0.1) is 4.92 Å². The van der Waals surface area contributed by atoms with Gasteiger partial charge in [-0.3, -0.25) is 14.9 Å². The lowest BCUT2D eigenvalue weighted by Gasteiger charge is -2.37. The number of thiocarbonyl (C=S) groups is 1. The summed E-state index contributed by atoms with van der Waals surface area (Å²) in [7, 11) is 0. The summed E-state index contributed by atoms with van der Waals surface area (Å²) in [6.45, 7) is 6.53. The number of hydrogen-bond donors (Lipinski definition) is 1. The molecule has 1 aliphatic heterocycles. The van der Waals surface area contributed by atoms with Crippen LogP contribution in [0.2, 0.25) is 0 Å². The highest BCUT2D eigenvalue weighted by atomic mass is 32.1. The van der Waals surface area contributed by atoms with Crippen LogP contribution in [0.5, 0.6) is 0 Å². The Balaban J connectivity index is 1.58. The molecule has 146 valence electrons. The van der Waals surface area contributed by atoms with Gasteiger partial charge < -0.3 is 15.1 Å². The van der Waals surface area contributed by atoms with E-state index in [0.29, 0.717) is 26.2 Å². The standard InChI is InChI=1S/C20H22N4O3S/c1-14-4-3-5-15(2)18(14)21-19(25)20(28)23-12-10-22(11-13-23)16-6-8-17(9-7-16)24(26)27/h3-9H,10-13H2,1-2H3,(H,21,25). The highest BCUT2D eigenvalue weighted by Gasteiger charge is 2.24. The van der Waals surface area contributed by atoms with Gasteiger partial charge in [-0.15, -0.1) is 0 Å². The Hall–Kier alpha value is -3.00. The number of rotatable bonds is 3. The van der Waals surface area contributed by atoms with E-state index in [0.717, 1.165) is 22.5 Å². The Morgan fingerprint density at radius 1 is 1.04 bits per heavy atom. The first-order valence-electron chi connectivity index (χ1n) is 9.02. The maximum atomic E-state index is 12.6. The molecule has 0 unspecified atom stereocenters. The number of nitrogens with one attached hydrogen (secondary N) is 1. The predicted molar refractivity (Wildman–Crippen MR) is 114 cm³/mol. The van der Waals surface area contributed by atoms with E-state index in [4.69, 9.17) is 12.2 Å². The Labute approximate surface area is 169 Å². The van der Waals surface area contributed by atoms with E-state index in [-0.39, 0.29) is 16.6 Å². The van der Waals surface area contributed by atoms with Crippen molar-refractivity contribution in [2.24, 2.45) is 0 Å². The number of aryl methyl sites for hydroxylation is 2. The molecule has 1 N–H and O–H groups in total. The highest BCUT2D eigenvalue weighted by Crippen LogP contribution is 2.22. The van der Waals surface area contributed by atoms with E-state index in [9.17, 15) is 14.9 Å². The van der Waals surface area contributed by atoms with Crippen molar-refractivity contribution in [3.05, 3.63) is 63.7 Å². The second kappa shape index (κ2) is 8.35. The van der Waals surface area contributed by atoms with Gasteiger partial charge in [-0.1, -0.05) is 30.4 Å². The molecule has 7 nitrogen and oxygen atoms in total. The molecular weight excluding hydrogens is 376 g/mol. The lowest BCUT2D eigenvalue weighted by molar-refractivity contribution is -0.384. The minimum Gasteiger partial charge on any atom is -0.368 e. The summed E-state index contributed by atoms with van der Waals surface area (Å²) < 4.78 is 0. The molecule has 1 aliphatic rings. The number of nitrogens with zero attached hydrogens (tertiary/aromatic N) is 3. The normalized spacial score (nSPS) is 13.9. The number of hydrogen-bond acceptors (Lipinski definition) is 5. The molecule has 1 saturated heterocycles. The molecule has 1 heterocycles. The first-order valence-corrected chi connectivity index (χ1v) is 9.43. The van der Waals surface area contributed by atoms with Crippen LogP contribution in [0.15, 0.2) is 42.5 Å². The molecule has 0 bridgehead atoms. The second-order valence-electron chi connectivity index (χ2n) is 6.77. The maximum Gasteiger partial charge on any atom is 0.283 e. The number of anilines is 2. The van der Waals surface area contributed by atoms with E-state index in [1.165, 1.54) is 12.1 Å². The van der Waals surface area contributed by atoms with E-state index in [2.05, 4.69) is 10.2 Å². The third kappa shape index (κ3) is 4.28. The summed E-state index contributed by atoms with van der Waals surface area (Å²) in [6, 6.07) is 12.4. The van der Waals surface area contributed by atoms with Crippen molar-refractivity contribution in [3.63, 3.8) is 0 Å². The second-order valence-corrected chi connectivity index (χ2v) is 7.16. The van der Waals surface area contributed by atoms with E-state index in [1.807, 2.05) is 36.9 Å². The summed E-state index contributed by atoms with van der Waals surface area (Å²) in [6.07, 6.45) is 0. The minimum absolute atomic E-state index is 0.0757. The Morgan fingerprint density at radius 2 is 1.61 bits per heavy atom. The average molecular weight is 398 g/mol. The van der Waals surface area contributed by atoms with Gasteiger partial charge in [0.2, 0.25) is 0 Å². The molecule has 0 spiro atoms. The molecule has 28 heavy (non-hydrogen) atoms. The van der Waals surface area contributed by atoms with Gasteiger partial charge >= 0.3 is 0 Å². The molecule has 2 aromatic carbocycles. The minimum atomic E-state index is -0.408. The number of piperazine rings is 1. The largest absolute Gasteiger partial charge is 0.368 e. The number of amides is 1. The zero-order chi connectivity index (χ0) is 20.3. The number of carbonyl (C=O) groups excluding carboxylic acids is 1. The Kier molecular flexibility index (Phi) is 5.89. The van der Waals surface area contributed by atoms with Gasteiger partial charge in [0.1, 0.15) is 0 Å². The van der Waals surface area contributed by atoms with Crippen molar-refractivity contribution in [2.75, 3.05) is 36.4 Å². The zero-order valence-corrected chi connectivity index (χ0v) is 16.7. The van der Waals surface area contributed by atoms with Crippen molar-refractivity contribution >= 4 is 40.2 Å². The monoisotopic (exact) mass is 398 g/mol. The van der Waals surface area contributed by atoms with Crippen LogP contribution in [0.1, 0.15) is 11.1 Å². The molecule has 0 aliphatic carbocycles. The quantitative estimate of drug-likeness (QED) is 0.486. The fourth-order valence-electron chi connectivity index (χ4n) is 3.28. The number of nitro groups is 1. The number of nitro benzene ring substituents is 1. The van der Waals surface area contributed by atoms with Crippen LogP contribution in [-0.2, 0) is 4.79 Å². The van der Waals surface area contributed by atoms with Crippen LogP contribution in [-0.4, -0.2) is 46.9 Å².